The number of aryl methyl sites for hydroxylation is 2. The molecular weight excluding hydrogens is 430 g/mol. The lowest BCUT2D eigenvalue weighted by atomic mass is 10.1. The summed E-state index contributed by atoms with van der Waals surface area (Å²) in [5, 5.41) is 18.3. The third-order valence-electron chi connectivity index (χ3n) is 5.62. The summed E-state index contributed by atoms with van der Waals surface area (Å²) in [4.78, 5) is 2.23. The van der Waals surface area contributed by atoms with Crippen LogP contribution in [0.25, 0.3) is 6.08 Å². The number of nitrogens with zero attached hydrogens (tertiary/aromatic N) is 3. The average Bonchev–Trinajstić information content (AvgIpc) is 2.86. The zero-order valence-electron chi connectivity index (χ0n) is 20.0. The number of benzene rings is 3. The van der Waals surface area contributed by atoms with Gasteiger partial charge < -0.3 is 9.64 Å². The van der Waals surface area contributed by atoms with E-state index in [1.807, 2.05) is 24.3 Å². The molecule has 0 atom stereocenters. The van der Waals surface area contributed by atoms with Crippen molar-refractivity contribution in [1.82, 2.24) is 0 Å². The van der Waals surface area contributed by atoms with Crippen LogP contribution in [0.2, 0.25) is 0 Å². The standard InChI is InChI=1S/C31H25N3O/c1-22-4-11-28(12-5-22)34(29-13-6-23(2)7-14-29)30-15-8-25(9-16-30)10-17-31-19-26(18-24(3)35-31)27(20-32)21-33/h4-19H,1-3H3. The molecule has 0 unspecified atom stereocenters. The number of rotatable bonds is 5. The maximum atomic E-state index is 9.17. The first-order chi connectivity index (χ1) is 17.0. The highest BCUT2D eigenvalue weighted by molar-refractivity contribution is 5.77. The Labute approximate surface area is 206 Å². The lowest BCUT2D eigenvalue weighted by molar-refractivity contribution is 0.318. The fourth-order valence-corrected chi connectivity index (χ4v) is 3.79. The monoisotopic (exact) mass is 455 g/mol. The number of anilines is 3. The van der Waals surface area contributed by atoms with Crippen LogP contribution in [0.5, 0.6) is 0 Å². The van der Waals surface area contributed by atoms with E-state index in [0.717, 1.165) is 22.6 Å². The van der Waals surface area contributed by atoms with Crippen molar-refractivity contribution in [2.24, 2.45) is 0 Å². The Balaban J connectivity index is 1.62. The van der Waals surface area contributed by atoms with E-state index >= 15 is 0 Å². The van der Waals surface area contributed by atoms with Crippen LogP contribution >= 0.6 is 0 Å². The first kappa shape index (κ1) is 23.4. The van der Waals surface area contributed by atoms with Crippen molar-refractivity contribution in [1.29, 1.82) is 10.5 Å². The van der Waals surface area contributed by atoms with Crippen LogP contribution in [0.1, 0.15) is 23.6 Å². The SMILES string of the molecule is CC1=CC(=C(C#N)C#N)C=C(C=Cc2ccc(N(c3ccc(C)cc3)c3ccc(C)cc3)cc2)O1. The minimum Gasteiger partial charge on any atom is -0.462 e. The Morgan fingerprint density at radius 2 is 1.17 bits per heavy atom. The molecule has 0 bridgehead atoms. The maximum absolute atomic E-state index is 9.17. The summed E-state index contributed by atoms with van der Waals surface area (Å²) in [5.74, 6) is 1.21. The van der Waals surface area contributed by atoms with Crippen LogP contribution in [0, 0.1) is 36.5 Å². The quantitative estimate of drug-likeness (QED) is 0.366. The molecule has 3 aromatic rings. The van der Waals surface area contributed by atoms with Crippen molar-refractivity contribution in [2.45, 2.75) is 20.8 Å². The molecule has 0 radical (unpaired) electrons. The van der Waals surface area contributed by atoms with Crippen LogP contribution in [0.15, 0.2) is 114 Å². The Morgan fingerprint density at radius 3 is 1.66 bits per heavy atom. The summed E-state index contributed by atoms with van der Waals surface area (Å²) in [6.07, 6.45) is 7.19. The number of ether oxygens (including phenoxy) is 1. The van der Waals surface area contributed by atoms with Crippen LogP contribution in [-0.2, 0) is 4.74 Å². The van der Waals surface area contributed by atoms with E-state index in [-0.39, 0.29) is 5.57 Å². The molecule has 4 heteroatoms. The normalized spacial score (nSPS) is 12.8. The van der Waals surface area contributed by atoms with Gasteiger partial charge in [-0.1, -0.05) is 53.6 Å². The van der Waals surface area contributed by atoms with Gasteiger partial charge in [-0.05, 0) is 81.0 Å². The van der Waals surface area contributed by atoms with Gasteiger partial charge in [0.25, 0.3) is 0 Å². The highest BCUT2D eigenvalue weighted by Crippen LogP contribution is 2.35. The van der Waals surface area contributed by atoms with Gasteiger partial charge in [0.2, 0.25) is 0 Å². The van der Waals surface area contributed by atoms with Crippen molar-refractivity contribution in [3.63, 3.8) is 0 Å². The second-order valence-corrected chi connectivity index (χ2v) is 8.39. The highest BCUT2D eigenvalue weighted by Gasteiger charge is 2.13. The zero-order chi connectivity index (χ0) is 24.8. The molecule has 4 rings (SSSR count). The largest absolute Gasteiger partial charge is 0.462 e. The van der Waals surface area contributed by atoms with E-state index < -0.39 is 0 Å². The highest BCUT2D eigenvalue weighted by atomic mass is 16.5. The second-order valence-electron chi connectivity index (χ2n) is 8.39. The minimum absolute atomic E-state index is 0.0650. The molecule has 0 aromatic heterocycles. The summed E-state index contributed by atoms with van der Waals surface area (Å²) >= 11 is 0. The zero-order valence-corrected chi connectivity index (χ0v) is 20.0. The summed E-state index contributed by atoms with van der Waals surface area (Å²) < 4.78 is 5.75. The average molecular weight is 456 g/mol. The predicted octanol–water partition coefficient (Wildman–Crippen LogP) is 7.95. The molecule has 4 nitrogen and oxygen atoms in total. The molecule has 0 saturated heterocycles. The van der Waals surface area contributed by atoms with E-state index in [2.05, 4.69) is 91.5 Å². The first-order valence-electron chi connectivity index (χ1n) is 11.3. The summed E-state index contributed by atoms with van der Waals surface area (Å²) in [5.41, 5.74) is 7.31. The summed E-state index contributed by atoms with van der Waals surface area (Å²) in [7, 11) is 0. The molecule has 1 aliphatic rings. The number of allylic oxidation sites excluding steroid dienone is 6. The van der Waals surface area contributed by atoms with E-state index in [1.165, 1.54) is 11.1 Å². The van der Waals surface area contributed by atoms with E-state index in [1.54, 1.807) is 19.1 Å². The third kappa shape index (κ3) is 5.58. The molecule has 0 amide bonds. The third-order valence-corrected chi connectivity index (χ3v) is 5.62. The van der Waals surface area contributed by atoms with E-state index in [0.29, 0.717) is 17.1 Å². The summed E-state index contributed by atoms with van der Waals surface area (Å²) in [6, 6.07) is 29.2. The van der Waals surface area contributed by atoms with Crippen LogP contribution in [0.3, 0.4) is 0 Å². The lowest BCUT2D eigenvalue weighted by Gasteiger charge is -2.26. The van der Waals surface area contributed by atoms with E-state index in [9.17, 15) is 0 Å². The molecule has 170 valence electrons. The topological polar surface area (TPSA) is 60.0 Å². The van der Waals surface area contributed by atoms with Gasteiger partial charge in [0.05, 0.1) is 0 Å². The second kappa shape index (κ2) is 10.4. The minimum atomic E-state index is 0.0650. The van der Waals surface area contributed by atoms with Crippen LogP contribution in [0.4, 0.5) is 17.1 Å². The van der Waals surface area contributed by atoms with Crippen molar-refractivity contribution < 1.29 is 4.74 Å². The smallest absolute Gasteiger partial charge is 0.137 e. The maximum Gasteiger partial charge on any atom is 0.137 e. The fourth-order valence-electron chi connectivity index (χ4n) is 3.79. The van der Waals surface area contributed by atoms with Gasteiger partial charge in [0, 0.05) is 22.6 Å². The Hall–Kier alpha value is -4.80. The summed E-state index contributed by atoms with van der Waals surface area (Å²) in [6.45, 7) is 5.97. The van der Waals surface area contributed by atoms with Gasteiger partial charge in [-0.15, -0.1) is 0 Å². The van der Waals surface area contributed by atoms with Crippen molar-refractivity contribution in [3.8, 4) is 12.1 Å². The van der Waals surface area contributed by atoms with Gasteiger partial charge in [-0.2, -0.15) is 10.5 Å². The fraction of sp³-hybridized carbons (Fsp3) is 0.0968. The van der Waals surface area contributed by atoms with Gasteiger partial charge in [0.15, 0.2) is 0 Å². The Morgan fingerprint density at radius 1 is 0.686 bits per heavy atom. The van der Waals surface area contributed by atoms with Gasteiger partial charge in [-0.3, -0.25) is 0 Å². The Kier molecular flexibility index (Phi) is 6.96. The molecule has 0 aliphatic carbocycles. The predicted molar refractivity (Wildman–Crippen MR) is 141 cm³/mol. The lowest BCUT2D eigenvalue weighted by Crippen LogP contribution is -2.09. The molecule has 0 N–H and O–H groups in total. The number of hydrogen-bond acceptors (Lipinski definition) is 4. The van der Waals surface area contributed by atoms with Crippen molar-refractivity contribution in [3.05, 3.63) is 130 Å². The number of nitriles is 2. The first-order valence-corrected chi connectivity index (χ1v) is 11.3. The van der Waals surface area contributed by atoms with Crippen LogP contribution < -0.4 is 4.90 Å². The van der Waals surface area contributed by atoms with Gasteiger partial charge in [0.1, 0.15) is 29.2 Å². The van der Waals surface area contributed by atoms with Gasteiger partial charge >= 0.3 is 0 Å². The molecule has 0 saturated carbocycles. The molecule has 35 heavy (non-hydrogen) atoms. The number of hydrogen-bond donors (Lipinski definition) is 0. The molecule has 1 heterocycles. The van der Waals surface area contributed by atoms with Crippen molar-refractivity contribution >= 4 is 23.1 Å². The van der Waals surface area contributed by atoms with Crippen LogP contribution in [-0.4, -0.2) is 0 Å². The molecule has 1 aliphatic heterocycles. The molecule has 3 aromatic carbocycles. The van der Waals surface area contributed by atoms with Gasteiger partial charge in [-0.25, -0.2) is 0 Å². The Bertz CT molecular complexity index is 1360. The molecule has 0 fully saturated rings. The van der Waals surface area contributed by atoms with E-state index in [4.69, 9.17) is 15.3 Å². The molecule has 0 spiro atoms. The van der Waals surface area contributed by atoms with Crippen molar-refractivity contribution in [2.75, 3.05) is 4.90 Å². The molecular formula is C31H25N3O.